The van der Waals surface area contributed by atoms with E-state index in [0.717, 1.165) is 18.4 Å². The quantitative estimate of drug-likeness (QED) is 0.674. The van der Waals surface area contributed by atoms with Crippen LogP contribution in [0.2, 0.25) is 0 Å². The van der Waals surface area contributed by atoms with Gasteiger partial charge in [-0.05, 0) is 19.4 Å². The van der Waals surface area contributed by atoms with Crippen LogP contribution in [0.3, 0.4) is 0 Å². The fourth-order valence-corrected chi connectivity index (χ4v) is 1.61. The average molecular weight is 241 g/mol. The van der Waals surface area contributed by atoms with Crippen molar-refractivity contribution >= 4 is 5.97 Å². The molecule has 5 nitrogen and oxygen atoms in total. The molecule has 1 atom stereocenters. The van der Waals surface area contributed by atoms with Crippen molar-refractivity contribution in [3.63, 3.8) is 0 Å². The number of hydrogen-bond acceptors (Lipinski definition) is 4. The Bertz CT molecular complexity index is 373. The number of carbonyl (C=O) groups is 1. The Hall–Kier alpha value is -1.33. The van der Waals surface area contributed by atoms with Crippen molar-refractivity contribution in [3.05, 3.63) is 23.2 Å². The molecule has 5 heteroatoms. The summed E-state index contributed by atoms with van der Waals surface area (Å²) in [5, 5.41) is 21.3. The van der Waals surface area contributed by atoms with E-state index in [2.05, 4.69) is 5.32 Å². The van der Waals surface area contributed by atoms with Gasteiger partial charge in [0, 0.05) is 18.7 Å². The van der Waals surface area contributed by atoms with Gasteiger partial charge in [0.1, 0.15) is 5.76 Å². The van der Waals surface area contributed by atoms with Crippen LogP contribution in [0.4, 0.5) is 0 Å². The molecule has 17 heavy (non-hydrogen) atoms. The van der Waals surface area contributed by atoms with Crippen LogP contribution in [0.1, 0.15) is 41.6 Å². The first kappa shape index (κ1) is 13.7. The molecule has 0 saturated heterocycles. The molecule has 1 unspecified atom stereocenters. The van der Waals surface area contributed by atoms with Crippen molar-refractivity contribution in [1.29, 1.82) is 0 Å². The van der Waals surface area contributed by atoms with Gasteiger partial charge in [-0.1, -0.05) is 13.3 Å². The summed E-state index contributed by atoms with van der Waals surface area (Å²) in [7, 11) is 0. The van der Waals surface area contributed by atoms with Crippen molar-refractivity contribution in [2.75, 3.05) is 6.54 Å². The zero-order valence-corrected chi connectivity index (χ0v) is 10.2. The molecule has 0 saturated carbocycles. The van der Waals surface area contributed by atoms with E-state index in [9.17, 15) is 9.90 Å². The molecule has 96 valence electrons. The lowest BCUT2D eigenvalue weighted by molar-refractivity contribution is 0.0661. The van der Waals surface area contributed by atoms with Crippen LogP contribution in [0, 0.1) is 6.92 Å². The third kappa shape index (κ3) is 4.20. The summed E-state index contributed by atoms with van der Waals surface area (Å²) in [6.07, 6.45) is 1.35. The van der Waals surface area contributed by atoms with Gasteiger partial charge >= 0.3 is 5.97 Å². The summed E-state index contributed by atoms with van der Waals surface area (Å²) in [5.74, 6) is -0.515. The summed E-state index contributed by atoms with van der Waals surface area (Å²) in [5.41, 5.74) is 0.811. The molecule has 0 fully saturated rings. The smallest absolute Gasteiger partial charge is 0.371 e. The molecule has 3 N–H and O–H groups in total. The first-order chi connectivity index (χ1) is 8.04. The van der Waals surface area contributed by atoms with Crippen LogP contribution in [0.25, 0.3) is 0 Å². The second-order valence-corrected chi connectivity index (χ2v) is 4.07. The molecule has 1 heterocycles. The summed E-state index contributed by atoms with van der Waals surface area (Å²) in [6, 6.07) is 1.51. The molecule has 0 spiro atoms. The highest BCUT2D eigenvalue weighted by molar-refractivity contribution is 5.84. The zero-order chi connectivity index (χ0) is 12.8. The molecule has 0 aliphatic rings. The normalized spacial score (nSPS) is 12.6. The maximum Gasteiger partial charge on any atom is 0.371 e. The lowest BCUT2D eigenvalue weighted by atomic mass is 10.2. The highest BCUT2D eigenvalue weighted by Crippen LogP contribution is 2.14. The number of carboxylic acid groups (broad SMARTS) is 1. The molecule has 0 aromatic carbocycles. The Morgan fingerprint density at radius 2 is 2.29 bits per heavy atom. The van der Waals surface area contributed by atoms with Gasteiger partial charge in [0.15, 0.2) is 0 Å². The number of rotatable bonds is 7. The van der Waals surface area contributed by atoms with Crippen LogP contribution in [-0.4, -0.2) is 28.8 Å². The topological polar surface area (TPSA) is 82.7 Å². The standard InChI is InChI=1S/C12H19NO4/c1-3-4-10(14)7-13-6-9-5-11(12(15)16)17-8(9)2/h5,10,13-14H,3-4,6-7H2,1-2H3,(H,15,16). The molecule has 1 aromatic heterocycles. The van der Waals surface area contributed by atoms with Crippen molar-refractivity contribution in [2.24, 2.45) is 0 Å². The van der Waals surface area contributed by atoms with Gasteiger partial charge in [-0.3, -0.25) is 0 Å². The van der Waals surface area contributed by atoms with Gasteiger partial charge in [-0.25, -0.2) is 4.79 Å². The van der Waals surface area contributed by atoms with Crippen molar-refractivity contribution in [2.45, 2.75) is 39.3 Å². The van der Waals surface area contributed by atoms with Crippen LogP contribution in [0.5, 0.6) is 0 Å². The van der Waals surface area contributed by atoms with Gasteiger partial charge in [0.2, 0.25) is 5.76 Å². The number of aryl methyl sites for hydroxylation is 1. The van der Waals surface area contributed by atoms with E-state index >= 15 is 0 Å². The van der Waals surface area contributed by atoms with E-state index in [0.29, 0.717) is 18.8 Å². The fraction of sp³-hybridized carbons (Fsp3) is 0.583. The Kier molecular flexibility index (Phi) is 5.18. The molecule has 0 bridgehead atoms. The average Bonchev–Trinajstić information content (AvgIpc) is 2.61. The second-order valence-electron chi connectivity index (χ2n) is 4.07. The predicted molar refractivity (Wildman–Crippen MR) is 63.0 cm³/mol. The lowest BCUT2D eigenvalue weighted by Gasteiger charge is -2.09. The minimum atomic E-state index is -1.06. The zero-order valence-electron chi connectivity index (χ0n) is 10.2. The molecule has 0 aliphatic heterocycles. The molecular weight excluding hydrogens is 222 g/mol. The second kappa shape index (κ2) is 6.42. The van der Waals surface area contributed by atoms with Crippen LogP contribution in [-0.2, 0) is 6.54 Å². The van der Waals surface area contributed by atoms with E-state index in [-0.39, 0.29) is 11.9 Å². The molecule has 1 aromatic rings. The number of carboxylic acids is 1. The third-order valence-electron chi connectivity index (χ3n) is 2.55. The largest absolute Gasteiger partial charge is 0.475 e. The van der Waals surface area contributed by atoms with Crippen molar-refractivity contribution in [3.8, 4) is 0 Å². The summed E-state index contributed by atoms with van der Waals surface area (Å²) in [4.78, 5) is 10.7. The molecule has 0 radical (unpaired) electrons. The van der Waals surface area contributed by atoms with E-state index in [1.54, 1.807) is 6.92 Å². The lowest BCUT2D eigenvalue weighted by Crippen LogP contribution is -2.26. The van der Waals surface area contributed by atoms with E-state index in [1.807, 2.05) is 6.92 Å². The van der Waals surface area contributed by atoms with Gasteiger partial charge in [0.05, 0.1) is 6.10 Å². The molecule has 0 aliphatic carbocycles. The fourth-order valence-electron chi connectivity index (χ4n) is 1.61. The van der Waals surface area contributed by atoms with E-state index < -0.39 is 5.97 Å². The SMILES string of the molecule is CCCC(O)CNCc1cc(C(=O)O)oc1C. The summed E-state index contributed by atoms with van der Waals surface area (Å²) >= 11 is 0. The van der Waals surface area contributed by atoms with Crippen molar-refractivity contribution < 1.29 is 19.4 Å². The monoisotopic (exact) mass is 241 g/mol. The van der Waals surface area contributed by atoms with Crippen LogP contribution in [0.15, 0.2) is 10.5 Å². The Labute approximate surface area is 100 Å². The first-order valence-corrected chi connectivity index (χ1v) is 5.76. The maximum atomic E-state index is 10.7. The van der Waals surface area contributed by atoms with E-state index in [4.69, 9.17) is 9.52 Å². The maximum absolute atomic E-state index is 10.7. The van der Waals surface area contributed by atoms with Crippen molar-refractivity contribution in [1.82, 2.24) is 5.32 Å². The summed E-state index contributed by atoms with van der Waals surface area (Å²) in [6.45, 7) is 4.75. The number of nitrogens with one attached hydrogen (secondary N) is 1. The molecule has 0 amide bonds. The Balaban J connectivity index is 2.44. The predicted octanol–water partition coefficient (Wildman–Crippen LogP) is 1.54. The van der Waals surface area contributed by atoms with E-state index in [1.165, 1.54) is 6.07 Å². The van der Waals surface area contributed by atoms with Crippen LogP contribution < -0.4 is 5.32 Å². The number of aliphatic hydroxyl groups is 1. The number of hydrogen-bond donors (Lipinski definition) is 3. The van der Waals surface area contributed by atoms with Gasteiger partial charge < -0.3 is 19.9 Å². The highest BCUT2D eigenvalue weighted by Gasteiger charge is 2.12. The third-order valence-corrected chi connectivity index (χ3v) is 2.55. The van der Waals surface area contributed by atoms with Gasteiger partial charge in [-0.15, -0.1) is 0 Å². The Morgan fingerprint density at radius 3 is 2.82 bits per heavy atom. The number of furan rings is 1. The highest BCUT2D eigenvalue weighted by atomic mass is 16.4. The first-order valence-electron chi connectivity index (χ1n) is 5.76. The van der Waals surface area contributed by atoms with Gasteiger partial charge in [0.25, 0.3) is 0 Å². The summed E-state index contributed by atoms with van der Waals surface area (Å²) < 4.78 is 5.08. The minimum absolute atomic E-state index is 0.0478. The minimum Gasteiger partial charge on any atom is -0.475 e. The Morgan fingerprint density at radius 1 is 1.59 bits per heavy atom. The molecule has 1 rings (SSSR count). The molecular formula is C12H19NO4. The number of aromatic carboxylic acids is 1. The number of aliphatic hydroxyl groups excluding tert-OH is 1. The van der Waals surface area contributed by atoms with Crippen LogP contribution >= 0.6 is 0 Å². The van der Waals surface area contributed by atoms with Gasteiger partial charge in [-0.2, -0.15) is 0 Å².